The number of carbonyl (C=O) groups is 4. The number of ketones is 2. The fourth-order valence-corrected chi connectivity index (χ4v) is 7.14. The molecule has 4 bridgehead atoms. The highest BCUT2D eigenvalue weighted by Crippen LogP contribution is 2.71. The topological polar surface area (TPSA) is 74.8 Å². The van der Waals surface area contributed by atoms with Crippen molar-refractivity contribution in [1.29, 1.82) is 0 Å². The van der Waals surface area contributed by atoms with Gasteiger partial charge < -0.3 is 9.80 Å². The zero-order valence-corrected chi connectivity index (χ0v) is 17.9. The van der Waals surface area contributed by atoms with Crippen LogP contribution in [0.5, 0.6) is 0 Å². The van der Waals surface area contributed by atoms with E-state index >= 15 is 0 Å². The van der Waals surface area contributed by atoms with Crippen LogP contribution in [0.1, 0.15) is 53.3 Å². The van der Waals surface area contributed by atoms with Crippen LogP contribution in [-0.4, -0.2) is 59.4 Å². The van der Waals surface area contributed by atoms with Crippen molar-refractivity contribution in [2.75, 3.05) is 26.2 Å². The van der Waals surface area contributed by atoms with E-state index in [0.29, 0.717) is 41.8 Å². The van der Waals surface area contributed by atoms with Crippen LogP contribution >= 0.6 is 0 Å². The first kappa shape index (κ1) is 19.2. The van der Waals surface area contributed by atoms with E-state index in [1.807, 2.05) is 9.80 Å². The summed E-state index contributed by atoms with van der Waals surface area (Å²) >= 11 is 0. The molecule has 0 N–H and O–H groups in total. The minimum Gasteiger partial charge on any atom is -0.342 e. The number of Topliss-reactive ketones (excluding diaryl/α,β-unsaturated/α-hetero) is 2. The predicted molar refractivity (Wildman–Crippen MR) is 112 cm³/mol. The van der Waals surface area contributed by atoms with E-state index in [2.05, 4.69) is 0 Å². The molecular weight excluding hydrogens is 392 g/mol. The van der Waals surface area contributed by atoms with E-state index < -0.39 is 0 Å². The van der Waals surface area contributed by atoms with Gasteiger partial charge in [0.05, 0.1) is 5.92 Å². The average molecular weight is 421 g/mol. The van der Waals surface area contributed by atoms with Crippen molar-refractivity contribution >= 4 is 23.4 Å². The fourth-order valence-electron chi connectivity index (χ4n) is 7.14. The molecule has 1 aromatic rings. The molecule has 2 aliphatic heterocycles. The summed E-state index contributed by atoms with van der Waals surface area (Å²) in [6.45, 7) is 4.49. The molecule has 2 amide bonds. The second-order valence-corrected chi connectivity index (χ2v) is 10.5. The molecule has 5 atom stereocenters. The van der Waals surface area contributed by atoms with Crippen molar-refractivity contribution in [1.82, 2.24) is 9.80 Å². The molecule has 2 saturated heterocycles. The molecule has 0 aromatic heterocycles. The van der Waals surface area contributed by atoms with E-state index in [4.69, 9.17) is 0 Å². The Labute approximate surface area is 182 Å². The minimum absolute atomic E-state index is 0.00405. The summed E-state index contributed by atoms with van der Waals surface area (Å²) in [5, 5.41) is 0. The van der Waals surface area contributed by atoms with Gasteiger partial charge in [0.25, 0.3) is 5.91 Å². The van der Waals surface area contributed by atoms with Gasteiger partial charge in [0.1, 0.15) is 5.78 Å². The summed E-state index contributed by atoms with van der Waals surface area (Å²) in [7, 11) is 0. The third kappa shape index (κ3) is 2.76. The van der Waals surface area contributed by atoms with Crippen LogP contribution in [0.4, 0.5) is 0 Å². The maximum Gasteiger partial charge on any atom is 0.253 e. The van der Waals surface area contributed by atoms with Gasteiger partial charge in [-0.2, -0.15) is 0 Å². The van der Waals surface area contributed by atoms with Gasteiger partial charge in [-0.05, 0) is 62.0 Å². The van der Waals surface area contributed by atoms with Gasteiger partial charge in [-0.15, -0.1) is 0 Å². The lowest BCUT2D eigenvalue weighted by atomic mass is 9.77. The molecule has 6 nitrogen and oxygen atoms in total. The van der Waals surface area contributed by atoms with Crippen molar-refractivity contribution in [3.63, 3.8) is 0 Å². The standard InChI is InChI=1S/C25H28N2O4/c1-14(28)15-2-4-16(5-3-15)23(30)26-9-6-25(7-10-26)8-11-27(13-25)24(31)21-18-12-17-19(21)20(17)22(18)29/h2-5,17-21H,6-13H2,1H3. The summed E-state index contributed by atoms with van der Waals surface area (Å²) in [5.74, 6) is 1.68. The molecule has 6 aliphatic rings. The highest BCUT2D eigenvalue weighted by Gasteiger charge is 2.75. The molecule has 5 unspecified atom stereocenters. The van der Waals surface area contributed by atoms with E-state index in [1.165, 1.54) is 6.92 Å². The summed E-state index contributed by atoms with van der Waals surface area (Å²) in [4.78, 5) is 53.7. The van der Waals surface area contributed by atoms with Gasteiger partial charge in [0.2, 0.25) is 5.91 Å². The molecule has 2 heterocycles. The van der Waals surface area contributed by atoms with Crippen molar-refractivity contribution in [3.8, 4) is 0 Å². The highest BCUT2D eigenvalue weighted by molar-refractivity contribution is 6.00. The summed E-state index contributed by atoms with van der Waals surface area (Å²) in [6, 6.07) is 6.89. The van der Waals surface area contributed by atoms with Gasteiger partial charge in [-0.1, -0.05) is 12.1 Å². The van der Waals surface area contributed by atoms with E-state index in [0.717, 1.165) is 38.8 Å². The van der Waals surface area contributed by atoms with Gasteiger partial charge in [0.15, 0.2) is 5.78 Å². The first-order valence-corrected chi connectivity index (χ1v) is 11.6. The average Bonchev–Trinajstić information content (AvgIpc) is 3.13. The number of hydrogen-bond donors (Lipinski definition) is 0. The third-order valence-corrected chi connectivity index (χ3v) is 8.98. The monoisotopic (exact) mass is 420 g/mol. The molecule has 6 heteroatoms. The third-order valence-electron chi connectivity index (χ3n) is 8.98. The van der Waals surface area contributed by atoms with Crippen LogP contribution < -0.4 is 0 Å². The molecule has 162 valence electrons. The van der Waals surface area contributed by atoms with Gasteiger partial charge >= 0.3 is 0 Å². The summed E-state index contributed by atoms with van der Waals surface area (Å²) < 4.78 is 0. The van der Waals surface area contributed by atoms with Gasteiger partial charge in [0, 0.05) is 49.1 Å². The molecule has 4 saturated carbocycles. The zero-order valence-electron chi connectivity index (χ0n) is 17.9. The van der Waals surface area contributed by atoms with E-state index in [-0.39, 0.29) is 40.8 Å². The molecule has 1 spiro atoms. The molecule has 7 rings (SSSR count). The van der Waals surface area contributed by atoms with Crippen LogP contribution in [0.3, 0.4) is 0 Å². The number of hydrogen-bond acceptors (Lipinski definition) is 4. The van der Waals surface area contributed by atoms with Gasteiger partial charge in [-0.25, -0.2) is 0 Å². The zero-order chi connectivity index (χ0) is 21.5. The second-order valence-electron chi connectivity index (χ2n) is 10.5. The highest BCUT2D eigenvalue weighted by atomic mass is 16.2. The first-order valence-electron chi connectivity index (χ1n) is 11.6. The lowest BCUT2D eigenvalue weighted by Crippen LogP contribution is -2.45. The summed E-state index contributed by atoms with van der Waals surface area (Å²) in [5.41, 5.74) is 1.34. The Bertz CT molecular complexity index is 991. The smallest absolute Gasteiger partial charge is 0.253 e. The molecule has 31 heavy (non-hydrogen) atoms. The maximum atomic E-state index is 13.2. The van der Waals surface area contributed by atoms with Crippen LogP contribution in [0.2, 0.25) is 0 Å². The summed E-state index contributed by atoms with van der Waals surface area (Å²) in [6.07, 6.45) is 3.77. The minimum atomic E-state index is -0.0303. The maximum absolute atomic E-state index is 13.2. The molecule has 1 aromatic carbocycles. The van der Waals surface area contributed by atoms with E-state index in [1.54, 1.807) is 24.3 Å². The fraction of sp³-hybridized carbons (Fsp3) is 0.600. The molecule has 4 aliphatic carbocycles. The number of piperidine rings is 1. The SMILES string of the molecule is CC(=O)c1ccc(C(=O)N2CCC3(CC2)CCN(C(=O)C2C4CC5C(C4=O)C52)C3)cc1. The van der Waals surface area contributed by atoms with Crippen LogP contribution in [-0.2, 0) is 9.59 Å². The van der Waals surface area contributed by atoms with Crippen molar-refractivity contribution in [3.05, 3.63) is 35.4 Å². The van der Waals surface area contributed by atoms with E-state index in [9.17, 15) is 19.2 Å². The van der Waals surface area contributed by atoms with Crippen LogP contribution in [0.25, 0.3) is 0 Å². The number of amides is 2. The number of nitrogens with zero attached hydrogens (tertiary/aromatic N) is 2. The molecule has 0 radical (unpaired) electrons. The molecular formula is C25H28N2O4. The first-order chi connectivity index (χ1) is 14.9. The lowest BCUT2D eigenvalue weighted by molar-refractivity contribution is -0.138. The predicted octanol–water partition coefficient (Wildman–Crippen LogP) is 2.42. The number of rotatable bonds is 3. The Morgan fingerprint density at radius 3 is 2.06 bits per heavy atom. The Kier molecular flexibility index (Phi) is 4.03. The Balaban J connectivity index is 1.07. The number of likely N-dealkylation sites (tertiary alicyclic amines) is 2. The lowest BCUT2D eigenvalue weighted by Gasteiger charge is -2.39. The van der Waals surface area contributed by atoms with Crippen LogP contribution in [0, 0.1) is 35.0 Å². The Morgan fingerprint density at radius 2 is 1.55 bits per heavy atom. The van der Waals surface area contributed by atoms with Crippen LogP contribution in [0.15, 0.2) is 24.3 Å². The van der Waals surface area contributed by atoms with Crippen molar-refractivity contribution in [2.45, 2.75) is 32.6 Å². The Hall–Kier alpha value is -2.50. The Morgan fingerprint density at radius 1 is 0.935 bits per heavy atom. The number of carbonyl (C=O) groups excluding carboxylic acids is 4. The quantitative estimate of drug-likeness (QED) is 0.704. The molecule has 6 fully saturated rings. The van der Waals surface area contributed by atoms with Crippen molar-refractivity contribution < 1.29 is 19.2 Å². The normalized spacial score (nSPS) is 34.5. The number of benzene rings is 1. The largest absolute Gasteiger partial charge is 0.342 e. The van der Waals surface area contributed by atoms with Crippen molar-refractivity contribution in [2.24, 2.45) is 35.0 Å². The second kappa shape index (κ2) is 6.50. The van der Waals surface area contributed by atoms with Gasteiger partial charge in [-0.3, -0.25) is 19.2 Å².